The van der Waals surface area contributed by atoms with Crippen molar-refractivity contribution in [2.24, 2.45) is 0 Å². The average molecular weight is 377 g/mol. The molecule has 1 N–H and O–H groups in total. The molecule has 24 heavy (non-hydrogen) atoms. The number of hydrogen-bond acceptors (Lipinski definition) is 5. The second-order valence-corrected chi connectivity index (χ2v) is 5.82. The van der Waals surface area contributed by atoms with Crippen molar-refractivity contribution in [3.8, 4) is 0 Å². The molecular formula is C16H26Cl2N4O2. The lowest BCUT2D eigenvalue weighted by atomic mass is 10.2. The Morgan fingerprint density at radius 1 is 1.25 bits per heavy atom. The van der Waals surface area contributed by atoms with Crippen LogP contribution in [0.5, 0.6) is 0 Å². The smallest absolute Gasteiger partial charge is 0.236 e. The van der Waals surface area contributed by atoms with Crippen LogP contribution in [0.1, 0.15) is 12.8 Å². The Labute approximate surface area is 155 Å². The summed E-state index contributed by atoms with van der Waals surface area (Å²) < 4.78 is 5.54. The highest BCUT2D eigenvalue weighted by Crippen LogP contribution is 2.13. The van der Waals surface area contributed by atoms with Crippen LogP contribution in [0.2, 0.25) is 0 Å². The number of nitrogens with one attached hydrogen (secondary N) is 1. The van der Waals surface area contributed by atoms with Crippen LogP contribution in [0.3, 0.4) is 0 Å². The van der Waals surface area contributed by atoms with Crippen molar-refractivity contribution in [1.29, 1.82) is 0 Å². The van der Waals surface area contributed by atoms with Gasteiger partial charge in [-0.25, -0.2) is 4.98 Å². The molecule has 0 aliphatic carbocycles. The molecule has 1 aromatic rings. The summed E-state index contributed by atoms with van der Waals surface area (Å²) in [4.78, 5) is 20.7. The van der Waals surface area contributed by atoms with Gasteiger partial charge in [0, 0.05) is 45.5 Å². The van der Waals surface area contributed by atoms with E-state index in [2.05, 4.69) is 15.2 Å². The Hall–Kier alpha value is -1.08. The van der Waals surface area contributed by atoms with E-state index in [9.17, 15) is 4.79 Å². The molecule has 2 fully saturated rings. The van der Waals surface area contributed by atoms with Crippen molar-refractivity contribution >= 4 is 36.5 Å². The molecule has 1 unspecified atom stereocenters. The van der Waals surface area contributed by atoms with Gasteiger partial charge in [0.25, 0.3) is 0 Å². The van der Waals surface area contributed by atoms with Gasteiger partial charge in [-0.3, -0.25) is 4.79 Å². The zero-order valence-corrected chi connectivity index (χ0v) is 15.4. The highest BCUT2D eigenvalue weighted by Gasteiger charge is 2.22. The molecule has 6 nitrogen and oxygen atoms in total. The molecule has 3 rings (SSSR count). The van der Waals surface area contributed by atoms with E-state index in [1.807, 2.05) is 29.3 Å². The van der Waals surface area contributed by atoms with Crippen LogP contribution >= 0.6 is 24.8 Å². The zero-order chi connectivity index (χ0) is 15.2. The number of aromatic nitrogens is 1. The Kier molecular flexibility index (Phi) is 9.36. The normalized spacial score (nSPS) is 20.2. The zero-order valence-electron chi connectivity index (χ0n) is 13.7. The van der Waals surface area contributed by atoms with Crippen molar-refractivity contribution in [3.63, 3.8) is 0 Å². The van der Waals surface area contributed by atoms with Crippen molar-refractivity contribution in [1.82, 2.24) is 15.2 Å². The van der Waals surface area contributed by atoms with Crippen LogP contribution in [0.25, 0.3) is 0 Å². The number of rotatable bonds is 5. The van der Waals surface area contributed by atoms with Crippen LogP contribution in [-0.4, -0.2) is 67.8 Å². The third-order valence-electron chi connectivity index (χ3n) is 4.28. The maximum atomic E-state index is 12.2. The fourth-order valence-electron chi connectivity index (χ4n) is 2.98. The van der Waals surface area contributed by atoms with Gasteiger partial charge in [0.2, 0.25) is 5.91 Å². The molecule has 0 radical (unpaired) electrons. The number of carbonyl (C=O) groups is 1. The first-order valence-corrected chi connectivity index (χ1v) is 8.09. The Bertz CT molecular complexity index is 478. The van der Waals surface area contributed by atoms with Crippen LogP contribution in [-0.2, 0) is 9.53 Å². The van der Waals surface area contributed by atoms with Crippen molar-refractivity contribution in [3.05, 3.63) is 24.4 Å². The van der Waals surface area contributed by atoms with E-state index >= 15 is 0 Å². The first kappa shape index (κ1) is 21.0. The molecule has 2 saturated heterocycles. The number of piperazine rings is 1. The largest absolute Gasteiger partial charge is 0.377 e. The van der Waals surface area contributed by atoms with Crippen LogP contribution < -0.4 is 10.2 Å². The standard InChI is InChI=1S/C16H24N4O2.2ClH/c21-16(13-17-12-14-4-3-11-22-14)20-9-7-19(8-10-20)15-5-1-2-6-18-15;;/h1-2,5-6,14,17H,3-4,7-13H2;2*1H. The van der Waals surface area contributed by atoms with Crippen LogP contribution in [0.4, 0.5) is 5.82 Å². The molecule has 0 spiro atoms. The third-order valence-corrected chi connectivity index (χ3v) is 4.28. The van der Waals surface area contributed by atoms with E-state index < -0.39 is 0 Å². The van der Waals surface area contributed by atoms with Gasteiger partial charge in [-0.1, -0.05) is 6.07 Å². The summed E-state index contributed by atoms with van der Waals surface area (Å²) in [5, 5.41) is 3.23. The summed E-state index contributed by atoms with van der Waals surface area (Å²) in [6.07, 6.45) is 4.33. The van der Waals surface area contributed by atoms with Crippen molar-refractivity contribution in [2.45, 2.75) is 18.9 Å². The first-order chi connectivity index (χ1) is 10.8. The maximum Gasteiger partial charge on any atom is 0.236 e. The lowest BCUT2D eigenvalue weighted by molar-refractivity contribution is -0.130. The minimum Gasteiger partial charge on any atom is -0.377 e. The molecule has 3 heterocycles. The molecule has 2 aliphatic rings. The van der Waals surface area contributed by atoms with E-state index in [1.54, 1.807) is 0 Å². The highest BCUT2D eigenvalue weighted by molar-refractivity contribution is 5.85. The summed E-state index contributed by atoms with van der Waals surface area (Å²) in [7, 11) is 0. The van der Waals surface area contributed by atoms with Gasteiger partial charge in [0.15, 0.2) is 0 Å². The first-order valence-electron chi connectivity index (χ1n) is 8.09. The molecule has 1 atom stereocenters. The minimum absolute atomic E-state index is 0. The summed E-state index contributed by atoms with van der Waals surface area (Å²) in [5.41, 5.74) is 0. The van der Waals surface area contributed by atoms with E-state index in [0.717, 1.165) is 58.0 Å². The van der Waals surface area contributed by atoms with Gasteiger partial charge < -0.3 is 19.9 Å². The average Bonchev–Trinajstić information content (AvgIpc) is 3.09. The molecule has 2 aliphatic heterocycles. The molecule has 1 amide bonds. The van der Waals surface area contributed by atoms with Crippen LogP contribution in [0.15, 0.2) is 24.4 Å². The summed E-state index contributed by atoms with van der Waals surface area (Å²) >= 11 is 0. The highest BCUT2D eigenvalue weighted by atomic mass is 35.5. The van der Waals surface area contributed by atoms with Gasteiger partial charge in [-0.2, -0.15) is 0 Å². The number of nitrogens with zero attached hydrogens (tertiary/aromatic N) is 3. The van der Waals surface area contributed by atoms with E-state index in [4.69, 9.17) is 4.74 Å². The Morgan fingerprint density at radius 3 is 2.67 bits per heavy atom. The molecule has 8 heteroatoms. The fourth-order valence-corrected chi connectivity index (χ4v) is 2.98. The predicted molar refractivity (Wildman–Crippen MR) is 99.4 cm³/mol. The number of halogens is 2. The van der Waals surface area contributed by atoms with E-state index in [0.29, 0.717) is 6.54 Å². The Balaban J connectivity index is 0.00000144. The number of carbonyl (C=O) groups excluding carboxylic acids is 1. The van der Waals surface area contributed by atoms with Gasteiger partial charge in [-0.05, 0) is 25.0 Å². The van der Waals surface area contributed by atoms with E-state index in [-0.39, 0.29) is 36.8 Å². The molecular weight excluding hydrogens is 351 g/mol. The topological polar surface area (TPSA) is 57.7 Å². The predicted octanol–water partition coefficient (Wildman–Crippen LogP) is 1.34. The molecule has 136 valence electrons. The van der Waals surface area contributed by atoms with Crippen molar-refractivity contribution < 1.29 is 9.53 Å². The third kappa shape index (κ3) is 5.77. The van der Waals surface area contributed by atoms with Gasteiger partial charge >= 0.3 is 0 Å². The van der Waals surface area contributed by atoms with Gasteiger partial charge in [-0.15, -0.1) is 24.8 Å². The molecule has 0 bridgehead atoms. The van der Waals surface area contributed by atoms with Crippen LogP contribution in [0, 0.1) is 0 Å². The second-order valence-electron chi connectivity index (χ2n) is 5.82. The number of amides is 1. The second kappa shape index (κ2) is 10.7. The lowest BCUT2D eigenvalue weighted by Gasteiger charge is -2.35. The summed E-state index contributed by atoms with van der Waals surface area (Å²) in [6.45, 7) is 5.25. The number of pyridine rings is 1. The summed E-state index contributed by atoms with van der Waals surface area (Å²) in [5.74, 6) is 1.17. The Morgan fingerprint density at radius 2 is 2.04 bits per heavy atom. The van der Waals surface area contributed by atoms with E-state index in [1.165, 1.54) is 0 Å². The number of hydrogen-bond donors (Lipinski definition) is 1. The van der Waals surface area contributed by atoms with Crippen molar-refractivity contribution in [2.75, 3.05) is 50.8 Å². The van der Waals surface area contributed by atoms with Gasteiger partial charge in [0.1, 0.15) is 5.82 Å². The minimum atomic E-state index is 0. The molecule has 0 saturated carbocycles. The maximum absolute atomic E-state index is 12.2. The molecule has 1 aromatic heterocycles. The number of ether oxygens (including phenoxy) is 1. The SMILES string of the molecule is Cl.Cl.O=C(CNCC1CCCO1)N1CCN(c2ccccn2)CC1. The lowest BCUT2D eigenvalue weighted by Crippen LogP contribution is -2.51. The monoisotopic (exact) mass is 376 g/mol. The molecule has 0 aromatic carbocycles. The van der Waals surface area contributed by atoms with Gasteiger partial charge in [0.05, 0.1) is 12.6 Å². The quantitative estimate of drug-likeness (QED) is 0.840. The fraction of sp³-hybridized carbons (Fsp3) is 0.625. The summed E-state index contributed by atoms with van der Waals surface area (Å²) in [6, 6.07) is 5.93. The number of anilines is 1.